The van der Waals surface area contributed by atoms with Gasteiger partial charge in [0.1, 0.15) is 12.1 Å². The average Bonchev–Trinajstić information content (AvgIpc) is 2.81. The Morgan fingerprint density at radius 3 is 3.18 bits per heavy atom. The minimum Gasteiger partial charge on any atom is -0.351 e. The zero-order valence-corrected chi connectivity index (χ0v) is 10.7. The van der Waals surface area contributed by atoms with E-state index < -0.39 is 0 Å². The van der Waals surface area contributed by atoms with Crippen LogP contribution in [0, 0.1) is 0 Å². The fourth-order valence-corrected chi connectivity index (χ4v) is 3.31. The number of hydrogen-bond donors (Lipinski definition) is 1. The van der Waals surface area contributed by atoms with E-state index in [1.165, 1.54) is 0 Å². The van der Waals surface area contributed by atoms with Crippen molar-refractivity contribution in [2.24, 2.45) is 0 Å². The molecule has 2 aromatic rings. The third-order valence-corrected chi connectivity index (χ3v) is 4.72. The van der Waals surface area contributed by atoms with Gasteiger partial charge in [0, 0.05) is 23.6 Å². The van der Waals surface area contributed by atoms with Crippen LogP contribution in [-0.4, -0.2) is 43.8 Å². The molecule has 0 spiro atoms. The summed E-state index contributed by atoms with van der Waals surface area (Å²) in [6.07, 6.45) is 3.42. The van der Waals surface area contributed by atoms with Crippen molar-refractivity contribution in [3.63, 3.8) is 0 Å². The molecule has 2 atom stereocenters. The SMILES string of the molecule is CC1SCCN(c2ncnc3[nH]ncc23)C1C. The van der Waals surface area contributed by atoms with E-state index in [1.807, 2.05) is 18.0 Å². The lowest BCUT2D eigenvalue weighted by Crippen LogP contribution is -2.45. The van der Waals surface area contributed by atoms with Gasteiger partial charge in [-0.25, -0.2) is 9.97 Å². The molecule has 1 aliphatic heterocycles. The number of fused-ring (bicyclic) bond motifs is 1. The number of nitrogens with zero attached hydrogens (tertiary/aromatic N) is 4. The lowest BCUT2D eigenvalue weighted by Gasteiger charge is -2.38. The molecule has 2 unspecified atom stereocenters. The summed E-state index contributed by atoms with van der Waals surface area (Å²) in [5, 5.41) is 8.57. The molecule has 0 radical (unpaired) electrons. The van der Waals surface area contributed by atoms with Gasteiger partial charge in [0.15, 0.2) is 5.65 Å². The number of aromatic nitrogens is 4. The summed E-state index contributed by atoms with van der Waals surface area (Å²) in [5.74, 6) is 2.15. The molecule has 1 fully saturated rings. The molecule has 5 nitrogen and oxygen atoms in total. The molecule has 0 bridgehead atoms. The molecule has 3 heterocycles. The van der Waals surface area contributed by atoms with Crippen LogP contribution in [0.25, 0.3) is 11.0 Å². The largest absolute Gasteiger partial charge is 0.351 e. The van der Waals surface area contributed by atoms with Crippen molar-refractivity contribution >= 4 is 28.6 Å². The molecular weight excluding hydrogens is 234 g/mol. The first-order valence-corrected chi connectivity index (χ1v) is 6.84. The predicted octanol–water partition coefficient (Wildman–Crippen LogP) is 1.68. The average molecular weight is 249 g/mol. The molecule has 1 saturated heterocycles. The van der Waals surface area contributed by atoms with Crippen LogP contribution in [-0.2, 0) is 0 Å². The lowest BCUT2D eigenvalue weighted by molar-refractivity contribution is 0.622. The highest BCUT2D eigenvalue weighted by atomic mass is 32.2. The molecule has 0 aromatic carbocycles. The minimum atomic E-state index is 0.488. The highest BCUT2D eigenvalue weighted by molar-refractivity contribution is 8.00. The van der Waals surface area contributed by atoms with E-state index in [0.717, 1.165) is 29.1 Å². The highest BCUT2D eigenvalue weighted by Gasteiger charge is 2.27. The maximum atomic E-state index is 4.43. The van der Waals surface area contributed by atoms with Crippen molar-refractivity contribution in [2.75, 3.05) is 17.2 Å². The normalized spacial score (nSPS) is 25.4. The van der Waals surface area contributed by atoms with Gasteiger partial charge in [-0.15, -0.1) is 0 Å². The van der Waals surface area contributed by atoms with Crippen LogP contribution in [0.15, 0.2) is 12.5 Å². The van der Waals surface area contributed by atoms with Crippen molar-refractivity contribution in [3.8, 4) is 0 Å². The Morgan fingerprint density at radius 2 is 2.29 bits per heavy atom. The van der Waals surface area contributed by atoms with Crippen molar-refractivity contribution in [2.45, 2.75) is 25.1 Å². The first-order chi connectivity index (χ1) is 8.27. The molecule has 90 valence electrons. The molecule has 2 aromatic heterocycles. The molecule has 0 saturated carbocycles. The van der Waals surface area contributed by atoms with Crippen LogP contribution in [0.5, 0.6) is 0 Å². The Balaban J connectivity index is 2.05. The highest BCUT2D eigenvalue weighted by Crippen LogP contribution is 2.30. The Bertz CT molecular complexity index is 525. The lowest BCUT2D eigenvalue weighted by atomic mass is 10.2. The summed E-state index contributed by atoms with van der Waals surface area (Å²) in [6, 6.07) is 0.488. The smallest absolute Gasteiger partial charge is 0.160 e. The van der Waals surface area contributed by atoms with Crippen LogP contribution in [0.1, 0.15) is 13.8 Å². The zero-order chi connectivity index (χ0) is 11.8. The third kappa shape index (κ3) is 1.76. The van der Waals surface area contributed by atoms with E-state index in [1.54, 1.807) is 6.33 Å². The van der Waals surface area contributed by atoms with Gasteiger partial charge < -0.3 is 4.90 Å². The van der Waals surface area contributed by atoms with Gasteiger partial charge >= 0.3 is 0 Å². The van der Waals surface area contributed by atoms with Crippen molar-refractivity contribution in [1.82, 2.24) is 20.2 Å². The van der Waals surface area contributed by atoms with Crippen molar-refractivity contribution < 1.29 is 0 Å². The van der Waals surface area contributed by atoms with E-state index in [4.69, 9.17) is 0 Å². The molecule has 17 heavy (non-hydrogen) atoms. The van der Waals surface area contributed by atoms with E-state index >= 15 is 0 Å². The Hall–Kier alpha value is -1.30. The van der Waals surface area contributed by atoms with Crippen LogP contribution < -0.4 is 4.90 Å². The second-order valence-electron chi connectivity index (χ2n) is 4.34. The van der Waals surface area contributed by atoms with Crippen LogP contribution in [0.3, 0.4) is 0 Å². The second kappa shape index (κ2) is 4.18. The van der Waals surface area contributed by atoms with Gasteiger partial charge in [0.2, 0.25) is 0 Å². The Kier molecular flexibility index (Phi) is 2.66. The number of aromatic amines is 1. The van der Waals surface area contributed by atoms with Gasteiger partial charge in [-0.2, -0.15) is 16.9 Å². The molecule has 0 amide bonds. The van der Waals surface area contributed by atoms with Gasteiger partial charge in [0.25, 0.3) is 0 Å². The summed E-state index contributed by atoms with van der Waals surface area (Å²) in [5.41, 5.74) is 0.813. The minimum absolute atomic E-state index is 0.488. The van der Waals surface area contributed by atoms with Gasteiger partial charge in [-0.3, -0.25) is 5.10 Å². The number of thioether (sulfide) groups is 1. The Morgan fingerprint density at radius 1 is 1.41 bits per heavy atom. The first kappa shape index (κ1) is 10.8. The number of anilines is 1. The summed E-state index contributed by atoms with van der Waals surface area (Å²) in [6.45, 7) is 5.56. The van der Waals surface area contributed by atoms with E-state index in [2.05, 4.69) is 38.9 Å². The number of rotatable bonds is 1. The Labute approximate surface area is 104 Å². The van der Waals surface area contributed by atoms with E-state index in [0.29, 0.717) is 11.3 Å². The molecule has 6 heteroatoms. The number of H-pyrrole nitrogens is 1. The maximum absolute atomic E-state index is 4.43. The zero-order valence-electron chi connectivity index (χ0n) is 9.92. The van der Waals surface area contributed by atoms with Gasteiger partial charge in [0.05, 0.1) is 11.6 Å². The monoisotopic (exact) mass is 249 g/mol. The molecular formula is C11H15N5S. The van der Waals surface area contributed by atoms with E-state index in [-0.39, 0.29) is 0 Å². The molecule has 0 aliphatic carbocycles. The third-order valence-electron chi connectivity index (χ3n) is 3.38. The van der Waals surface area contributed by atoms with Gasteiger partial charge in [-0.1, -0.05) is 6.92 Å². The maximum Gasteiger partial charge on any atom is 0.160 e. The fourth-order valence-electron chi connectivity index (χ4n) is 2.21. The van der Waals surface area contributed by atoms with Crippen molar-refractivity contribution in [3.05, 3.63) is 12.5 Å². The topological polar surface area (TPSA) is 57.7 Å². The number of hydrogen-bond acceptors (Lipinski definition) is 5. The quantitative estimate of drug-likeness (QED) is 0.833. The summed E-state index contributed by atoms with van der Waals surface area (Å²) < 4.78 is 0. The van der Waals surface area contributed by atoms with Crippen LogP contribution in [0.4, 0.5) is 5.82 Å². The predicted molar refractivity (Wildman–Crippen MR) is 70.4 cm³/mol. The molecule has 1 aliphatic rings. The molecule has 1 N–H and O–H groups in total. The fraction of sp³-hybridized carbons (Fsp3) is 0.545. The number of nitrogens with one attached hydrogen (secondary N) is 1. The van der Waals surface area contributed by atoms with Crippen LogP contribution >= 0.6 is 11.8 Å². The standard InChI is InChI=1S/C11H15N5S/c1-7-8(2)17-4-3-16(7)11-9-5-14-15-10(9)12-6-13-11/h5-8H,3-4H2,1-2H3,(H,12,13,14,15). The van der Waals surface area contributed by atoms with E-state index in [9.17, 15) is 0 Å². The summed E-state index contributed by atoms with van der Waals surface area (Å²) in [7, 11) is 0. The first-order valence-electron chi connectivity index (χ1n) is 5.79. The summed E-state index contributed by atoms with van der Waals surface area (Å²) >= 11 is 2.02. The molecule has 3 rings (SSSR count). The van der Waals surface area contributed by atoms with Crippen LogP contribution in [0.2, 0.25) is 0 Å². The second-order valence-corrected chi connectivity index (χ2v) is 5.82. The summed E-state index contributed by atoms with van der Waals surface area (Å²) in [4.78, 5) is 11.0. The van der Waals surface area contributed by atoms with Crippen molar-refractivity contribution in [1.29, 1.82) is 0 Å². The van der Waals surface area contributed by atoms with Gasteiger partial charge in [-0.05, 0) is 6.92 Å².